The lowest BCUT2D eigenvalue weighted by Crippen LogP contribution is -2.35. The molecule has 7 heteroatoms. The number of hydrogen-bond donors (Lipinski definition) is 1. The molecule has 0 spiro atoms. The lowest BCUT2D eigenvalue weighted by atomic mass is 9.89. The van der Waals surface area contributed by atoms with Gasteiger partial charge in [0.2, 0.25) is 0 Å². The van der Waals surface area contributed by atoms with Gasteiger partial charge in [-0.3, -0.25) is 9.69 Å². The number of halogens is 1. The molecule has 1 aliphatic rings. The Bertz CT molecular complexity index is 1160. The summed E-state index contributed by atoms with van der Waals surface area (Å²) >= 11 is 2.24. The third-order valence-electron chi connectivity index (χ3n) is 6.14. The van der Waals surface area contributed by atoms with Crippen molar-refractivity contribution in [1.82, 2.24) is 4.90 Å². The standard InChI is InChI=1S/C24H26INO5/c1-4-26-9-8-16(17(26)13-27)22-20(29-2)12-21(30-3)23-18(28)11-19(31-24(22)23)14-6-5-7-15(25)10-14/h5-7,10-12,16-17,27H,4,8-9,13H2,1-3H3/t16-,17+/m0/s1. The van der Waals surface area contributed by atoms with Crippen molar-refractivity contribution >= 4 is 33.6 Å². The highest BCUT2D eigenvalue weighted by atomic mass is 127. The van der Waals surface area contributed by atoms with Crippen LogP contribution in [0.5, 0.6) is 11.5 Å². The van der Waals surface area contributed by atoms with Crippen molar-refractivity contribution in [1.29, 1.82) is 0 Å². The summed E-state index contributed by atoms with van der Waals surface area (Å²) in [6.45, 7) is 3.82. The van der Waals surface area contributed by atoms with Gasteiger partial charge in [-0.05, 0) is 54.2 Å². The Labute approximate surface area is 194 Å². The van der Waals surface area contributed by atoms with Crippen LogP contribution in [0, 0.1) is 3.57 Å². The van der Waals surface area contributed by atoms with Gasteiger partial charge in [-0.25, -0.2) is 0 Å². The Morgan fingerprint density at radius 3 is 2.61 bits per heavy atom. The van der Waals surface area contributed by atoms with E-state index in [1.54, 1.807) is 13.2 Å². The maximum atomic E-state index is 13.2. The van der Waals surface area contributed by atoms with Gasteiger partial charge in [0.15, 0.2) is 5.43 Å². The third-order valence-corrected chi connectivity index (χ3v) is 6.81. The maximum Gasteiger partial charge on any atom is 0.197 e. The fourth-order valence-corrected chi connectivity index (χ4v) is 5.20. The van der Waals surface area contributed by atoms with E-state index in [4.69, 9.17) is 13.9 Å². The molecule has 1 saturated heterocycles. The Morgan fingerprint density at radius 1 is 1.19 bits per heavy atom. The number of hydrogen-bond acceptors (Lipinski definition) is 6. The van der Waals surface area contributed by atoms with Gasteiger partial charge >= 0.3 is 0 Å². The van der Waals surface area contributed by atoms with Crippen LogP contribution < -0.4 is 14.9 Å². The molecule has 3 aromatic rings. The zero-order valence-electron chi connectivity index (χ0n) is 17.9. The van der Waals surface area contributed by atoms with Crippen molar-refractivity contribution < 1.29 is 19.0 Å². The first kappa shape index (κ1) is 22.1. The second kappa shape index (κ2) is 9.18. The number of nitrogens with zero attached hydrogens (tertiary/aromatic N) is 1. The van der Waals surface area contributed by atoms with E-state index >= 15 is 0 Å². The number of likely N-dealkylation sites (tertiary alicyclic amines) is 1. The minimum Gasteiger partial charge on any atom is -0.496 e. The molecule has 2 heterocycles. The zero-order valence-corrected chi connectivity index (χ0v) is 20.0. The molecule has 0 bridgehead atoms. The van der Waals surface area contributed by atoms with Crippen molar-refractivity contribution in [3.05, 3.63) is 55.8 Å². The SMILES string of the molecule is CCN1CC[C@H](c2c(OC)cc(OC)c3c(=O)cc(-c4cccc(I)c4)oc23)[C@H]1CO. The summed E-state index contributed by atoms with van der Waals surface area (Å²) in [6, 6.07) is 11.0. The minimum absolute atomic E-state index is 0.0238. The number of aliphatic hydroxyl groups is 1. The highest BCUT2D eigenvalue weighted by Gasteiger charge is 2.38. The predicted octanol–water partition coefficient (Wildman–Crippen LogP) is 4.25. The van der Waals surface area contributed by atoms with Gasteiger partial charge < -0.3 is 19.0 Å². The largest absolute Gasteiger partial charge is 0.496 e. The number of benzene rings is 2. The van der Waals surface area contributed by atoms with Crippen LogP contribution in [-0.2, 0) is 0 Å². The molecule has 0 aliphatic carbocycles. The number of aliphatic hydroxyl groups excluding tert-OH is 1. The molecule has 4 rings (SSSR count). The molecule has 0 amide bonds. The van der Waals surface area contributed by atoms with Gasteiger partial charge in [0.05, 0.1) is 20.8 Å². The van der Waals surface area contributed by atoms with Crippen molar-refractivity contribution in [2.75, 3.05) is 33.9 Å². The first-order valence-corrected chi connectivity index (χ1v) is 11.4. The van der Waals surface area contributed by atoms with Crippen molar-refractivity contribution in [3.8, 4) is 22.8 Å². The zero-order chi connectivity index (χ0) is 22.1. The van der Waals surface area contributed by atoms with Gasteiger partial charge in [0.1, 0.15) is 28.2 Å². The predicted molar refractivity (Wildman–Crippen MR) is 129 cm³/mol. The molecule has 2 aromatic carbocycles. The summed E-state index contributed by atoms with van der Waals surface area (Å²) in [5.74, 6) is 1.50. The Kier molecular flexibility index (Phi) is 6.55. The first-order chi connectivity index (χ1) is 15.0. The van der Waals surface area contributed by atoms with Gasteiger partial charge in [-0.2, -0.15) is 0 Å². The molecule has 6 nitrogen and oxygen atoms in total. The van der Waals surface area contributed by atoms with Gasteiger partial charge in [-0.1, -0.05) is 19.1 Å². The van der Waals surface area contributed by atoms with E-state index in [1.165, 1.54) is 13.2 Å². The number of likely N-dealkylation sites (N-methyl/N-ethyl adjacent to an activating group) is 1. The normalized spacial score (nSPS) is 19.1. The number of ether oxygens (including phenoxy) is 2. The Hall–Kier alpha value is -2.10. The third kappa shape index (κ3) is 3.94. The molecule has 1 N–H and O–H groups in total. The van der Waals surface area contributed by atoms with Crippen LogP contribution in [0.15, 0.2) is 45.6 Å². The molecule has 0 unspecified atom stereocenters. The average Bonchev–Trinajstić information content (AvgIpc) is 3.20. The molecular formula is C24H26INO5. The topological polar surface area (TPSA) is 72.1 Å². The summed E-state index contributed by atoms with van der Waals surface area (Å²) in [5.41, 5.74) is 1.96. The minimum atomic E-state index is -0.165. The first-order valence-electron chi connectivity index (χ1n) is 10.4. The molecule has 31 heavy (non-hydrogen) atoms. The molecule has 1 aromatic heterocycles. The fraction of sp³-hybridized carbons (Fsp3) is 0.375. The summed E-state index contributed by atoms with van der Waals surface area (Å²) in [6.07, 6.45) is 0.841. The Balaban J connectivity index is 2.03. The number of rotatable bonds is 6. The summed E-state index contributed by atoms with van der Waals surface area (Å²) in [5, 5.41) is 10.6. The molecule has 2 atom stereocenters. The smallest absolute Gasteiger partial charge is 0.197 e. The van der Waals surface area contributed by atoms with Crippen LogP contribution in [0.2, 0.25) is 0 Å². The van der Waals surface area contributed by atoms with Crippen molar-refractivity contribution in [2.24, 2.45) is 0 Å². The molecule has 164 valence electrons. The lowest BCUT2D eigenvalue weighted by Gasteiger charge is -2.27. The van der Waals surface area contributed by atoms with Crippen LogP contribution in [0.3, 0.4) is 0 Å². The quantitative estimate of drug-likeness (QED) is 0.476. The molecule has 1 aliphatic heterocycles. The summed E-state index contributed by atoms with van der Waals surface area (Å²) in [7, 11) is 3.14. The monoisotopic (exact) mass is 535 g/mol. The number of methoxy groups -OCH3 is 2. The highest BCUT2D eigenvalue weighted by molar-refractivity contribution is 14.1. The second-order valence-electron chi connectivity index (χ2n) is 7.66. The molecular weight excluding hydrogens is 509 g/mol. The highest BCUT2D eigenvalue weighted by Crippen LogP contribution is 2.45. The van der Waals surface area contributed by atoms with E-state index in [0.29, 0.717) is 28.2 Å². The van der Waals surface area contributed by atoms with Crippen LogP contribution in [0.4, 0.5) is 0 Å². The summed E-state index contributed by atoms with van der Waals surface area (Å²) < 4.78 is 18.7. The van der Waals surface area contributed by atoms with E-state index in [0.717, 1.165) is 34.2 Å². The average molecular weight is 535 g/mol. The second-order valence-corrected chi connectivity index (χ2v) is 8.90. The number of fused-ring (bicyclic) bond motifs is 1. The van der Waals surface area contributed by atoms with Crippen LogP contribution in [0.1, 0.15) is 24.8 Å². The van der Waals surface area contributed by atoms with E-state index in [1.807, 2.05) is 24.3 Å². The molecule has 1 fully saturated rings. The van der Waals surface area contributed by atoms with E-state index < -0.39 is 0 Å². The van der Waals surface area contributed by atoms with Gasteiger partial charge in [-0.15, -0.1) is 0 Å². The van der Waals surface area contributed by atoms with Gasteiger partial charge in [0.25, 0.3) is 0 Å². The lowest BCUT2D eigenvalue weighted by molar-refractivity contribution is 0.155. The molecule has 0 saturated carbocycles. The van der Waals surface area contributed by atoms with Crippen molar-refractivity contribution in [2.45, 2.75) is 25.3 Å². The van der Waals surface area contributed by atoms with E-state index in [2.05, 4.69) is 34.4 Å². The fourth-order valence-electron chi connectivity index (χ4n) is 4.65. The summed E-state index contributed by atoms with van der Waals surface area (Å²) in [4.78, 5) is 15.5. The van der Waals surface area contributed by atoms with E-state index in [-0.39, 0.29) is 24.0 Å². The van der Waals surface area contributed by atoms with Gasteiger partial charge in [0, 0.05) is 38.8 Å². The van der Waals surface area contributed by atoms with Crippen LogP contribution >= 0.6 is 22.6 Å². The van der Waals surface area contributed by atoms with Crippen molar-refractivity contribution in [3.63, 3.8) is 0 Å². The van der Waals surface area contributed by atoms with Crippen LogP contribution in [-0.4, -0.2) is 50.0 Å². The Morgan fingerprint density at radius 2 is 1.97 bits per heavy atom. The van der Waals surface area contributed by atoms with E-state index in [9.17, 15) is 9.90 Å². The maximum absolute atomic E-state index is 13.2. The van der Waals surface area contributed by atoms with Crippen LogP contribution in [0.25, 0.3) is 22.3 Å². The molecule has 0 radical (unpaired) electrons.